The van der Waals surface area contributed by atoms with Gasteiger partial charge in [-0.1, -0.05) is 12.1 Å². The number of ether oxygens (including phenoxy) is 1. The van der Waals surface area contributed by atoms with E-state index in [2.05, 4.69) is 57.4 Å². The van der Waals surface area contributed by atoms with Crippen LogP contribution in [0.3, 0.4) is 0 Å². The minimum absolute atomic E-state index is 0.178. The highest BCUT2D eigenvalue weighted by Crippen LogP contribution is 2.34. The van der Waals surface area contributed by atoms with E-state index < -0.39 is 0 Å². The molecule has 6 heteroatoms. The molecule has 0 radical (unpaired) electrons. The number of fused-ring (bicyclic) bond motifs is 1. The van der Waals surface area contributed by atoms with E-state index in [1.165, 1.54) is 16.6 Å². The summed E-state index contributed by atoms with van der Waals surface area (Å²) in [5.74, 6) is 1.58. The lowest BCUT2D eigenvalue weighted by molar-refractivity contribution is -0.131. The Balaban J connectivity index is 1.30. The summed E-state index contributed by atoms with van der Waals surface area (Å²) in [5, 5.41) is 1.25. The fourth-order valence-electron chi connectivity index (χ4n) is 4.56. The number of aromatic nitrogens is 1. The number of methoxy groups -OCH3 is 1. The molecule has 32 heavy (non-hydrogen) atoms. The smallest absolute Gasteiger partial charge is 0.236 e. The average Bonchev–Trinajstić information content (AvgIpc) is 3.23. The van der Waals surface area contributed by atoms with E-state index in [1.807, 2.05) is 32.1 Å². The number of anilines is 1. The second-order valence-corrected chi connectivity index (χ2v) is 9.02. The van der Waals surface area contributed by atoms with Crippen LogP contribution in [-0.2, 0) is 11.3 Å². The topological polar surface area (TPSA) is 51.8 Å². The molecular weight excluding hydrogens is 400 g/mol. The van der Waals surface area contributed by atoms with Crippen molar-refractivity contribution >= 4 is 22.5 Å². The highest BCUT2D eigenvalue weighted by Gasteiger charge is 2.25. The molecule has 1 N–H and O–H groups in total. The number of rotatable bonds is 7. The summed E-state index contributed by atoms with van der Waals surface area (Å²) in [6, 6.07) is 14.6. The first-order valence-corrected chi connectivity index (χ1v) is 11.3. The van der Waals surface area contributed by atoms with E-state index in [0.717, 1.165) is 42.8 Å². The van der Waals surface area contributed by atoms with Gasteiger partial charge in [0.2, 0.25) is 5.91 Å². The Bertz CT molecular complexity index is 1050. The fraction of sp³-hybridized carbons (Fsp3) is 0.423. The Morgan fingerprint density at radius 3 is 2.47 bits per heavy atom. The number of carbonyl (C=O) groups excluding carboxylic acids is 1. The molecular formula is C26H34N4O2. The number of likely N-dealkylation sites (N-methyl/N-ethyl adjacent to an activating group) is 1. The summed E-state index contributed by atoms with van der Waals surface area (Å²) in [4.78, 5) is 22.4. The van der Waals surface area contributed by atoms with Crippen molar-refractivity contribution < 1.29 is 9.53 Å². The maximum Gasteiger partial charge on any atom is 0.236 e. The van der Waals surface area contributed by atoms with Gasteiger partial charge in [-0.25, -0.2) is 0 Å². The zero-order valence-electron chi connectivity index (χ0n) is 19.6. The van der Waals surface area contributed by atoms with Crippen molar-refractivity contribution in [2.75, 3.05) is 52.8 Å². The number of hydrogen-bond donors (Lipinski definition) is 1. The number of amides is 1. The molecule has 1 aliphatic heterocycles. The molecule has 0 aliphatic carbocycles. The lowest BCUT2D eigenvalue weighted by Crippen LogP contribution is -2.41. The molecule has 0 atom stereocenters. The van der Waals surface area contributed by atoms with Crippen molar-refractivity contribution in [1.29, 1.82) is 0 Å². The molecule has 0 unspecified atom stereocenters. The van der Waals surface area contributed by atoms with E-state index in [-0.39, 0.29) is 5.91 Å². The standard InChI is InChI=1S/C26H34N4O2/c1-28(2)21-7-5-19(6-8-21)17-29(3)26(31)18-30-13-11-20(12-14-30)24-16-27-25-10-9-22(32-4)15-23(24)25/h5-10,15-16,20,27H,11-14,17-18H2,1-4H3. The number of H-pyrrole nitrogens is 1. The molecule has 3 aromatic rings. The van der Waals surface area contributed by atoms with Crippen LogP contribution < -0.4 is 9.64 Å². The van der Waals surface area contributed by atoms with Gasteiger partial charge in [0, 0.05) is 50.5 Å². The van der Waals surface area contributed by atoms with Crippen molar-refractivity contribution in [3.8, 4) is 5.75 Å². The van der Waals surface area contributed by atoms with Crippen LogP contribution in [0.25, 0.3) is 10.9 Å². The van der Waals surface area contributed by atoms with Crippen molar-refractivity contribution in [1.82, 2.24) is 14.8 Å². The number of carbonyl (C=O) groups is 1. The van der Waals surface area contributed by atoms with Crippen molar-refractivity contribution in [2.24, 2.45) is 0 Å². The van der Waals surface area contributed by atoms with Crippen molar-refractivity contribution in [3.05, 3.63) is 59.8 Å². The Morgan fingerprint density at radius 2 is 1.81 bits per heavy atom. The molecule has 0 spiro atoms. The molecule has 0 bridgehead atoms. The van der Waals surface area contributed by atoms with Gasteiger partial charge < -0.3 is 19.5 Å². The number of nitrogens with zero attached hydrogens (tertiary/aromatic N) is 3. The van der Waals surface area contributed by atoms with E-state index in [4.69, 9.17) is 4.74 Å². The molecule has 1 amide bonds. The van der Waals surface area contributed by atoms with Gasteiger partial charge in [0.1, 0.15) is 5.75 Å². The van der Waals surface area contributed by atoms with Gasteiger partial charge in [0.15, 0.2) is 0 Å². The van der Waals surface area contributed by atoms with Gasteiger partial charge in [-0.15, -0.1) is 0 Å². The van der Waals surface area contributed by atoms with Crippen LogP contribution in [-0.4, -0.2) is 68.6 Å². The first kappa shape index (κ1) is 22.2. The van der Waals surface area contributed by atoms with E-state index in [0.29, 0.717) is 19.0 Å². The fourth-order valence-corrected chi connectivity index (χ4v) is 4.56. The number of nitrogens with one attached hydrogen (secondary N) is 1. The molecule has 4 rings (SSSR count). The molecule has 1 saturated heterocycles. The highest BCUT2D eigenvalue weighted by molar-refractivity contribution is 5.85. The monoisotopic (exact) mass is 434 g/mol. The van der Waals surface area contributed by atoms with E-state index in [9.17, 15) is 4.79 Å². The van der Waals surface area contributed by atoms with Gasteiger partial charge in [-0.05, 0) is 73.3 Å². The number of piperidine rings is 1. The maximum absolute atomic E-state index is 12.8. The number of aromatic amines is 1. The number of likely N-dealkylation sites (tertiary alicyclic amines) is 1. The van der Waals surface area contributed by atoms with Crippen LogP contribution in [0.1, 0.15) is 29.9 Å². The SMILES string of the molecule is COc1ccc2[nH]cc(C3CCN(CC(=O)N(C)Cc4ccc(N(C)C)cc4)CC3)c2c1. The lowest BCUT2D eigenvalue weighted by atomic mass is 9.89. The summed E-state index contributed by atoms with van der Waals surface area (Å²) in [6.45, 7) is 3.01. The maximum atomic E-state index is 12.8. The van der Waals surface area contributed by atoms with E-state index in [1.54, 1.807) is 7.11 Å². The molecule has 1 aromatic heterocycles. The predicted octanol–water partition coefficient (Wildman–Crippen LogP) is 4.08. The van der Waals surface area contributed by atoms with Gasteiger partial charge in [-0.3, -0.25) is 9.69 Å². The molecule has 170 valence electrons. The summed E-state index contributed by atoms with van der Waals surface area (Å²) < 4.78 is 5.41. The predicted molar refractivity (Wildman–Crippen MR) is 131 cm³/mol. The van der Waals surface area contributed by atoms with E-state index >= 15 is 0 Å². The van der Waals surface area contributed by atoms with Crippen LogP contribution in [0.2, 0.25) is 0 Å². The third kappa shape index (κ3) is 4.91. The quantitative estimate of drug-likeness (QED) is 0.609. The molecule has 1 aliphatic rings. The molecule has 2 heterocycles. The van der Waals surface area contributed by atoms with Gasteiger partial charge >= 0.3 is 0 Å². The largest absolute Gasteiger partial charge is 0.497 e. The Hall–Kier alpha value is -2.99. The van der Waals surface area contributed by atoms with Gasteiger partial charge in [0.05, 0.1) is 13.7 Å². The third-order valence-corrected chi connectivity index (χ3v) is 6.61. The first-order chi connectivity index (χ1) is 15.4. The van der Waals surface area contributed by atoms with Gasteiger partial charge in [-0.2, -0.15) is 0 Å². The zero-order valence-corrected chi connectivity index (χ0v) is 19.6. The summed E-state index contributed by atoms with van der Waals surface area (Å²) in [6.07, 6.45) is 4.27. The van der Waals surface area contributed by atoms with Crippen LogP contribution in [0, 0.1) is 0 Å². The number of hydrogen-bond acceptors (Lipinski definition) is 4. The van der Waals surface area contributed by atoms with Gasteiger partial charge in [0.25, 0.3) is 0 Å². The second kappa shape index (κ2) is 9.65. The molecule has 6 nitrogen and oxygen atoms in total. The third-order valence-electron chi connectivity index (χ3n) is 6.61. The molecule has 2 aromatic carbocycles. The Morgan fingerprint density at radius 1 is 1.09 bits per heavy atom. The minimum atomic E-state index is 0.178. The minimum Gasteiger partial charge on any atom is -0.497 e. The van der Waals surface area contributed by atoms with Crippen LogP contribution in [0.15, 0.2) is 48.7 Å². The summed E-state index contributed by atoms with van der Waals surface area (Å²) >= 11 is 0. The lowest BCUT2D eigenvalue weighted by Gasteiger charge is -2.32. The van der Waals surface area contributed by atoms with Crippen LogP contribution in [0.4, 0.5) is 5.69 Å². The van der Waals surface area contributed by atoms with Crippen molar-refractivity contribution in [3.63, 3.8) is 0 Å². The highest BCUT2D eigenvalue weighted by atomic mass is 16.5. The summed E-state index contributed by atoms with van der Waals surface area (Å²) in [5.41, 5.74) is 4.83. The second-order valence-electron chi connectivity index (χ2n) is 9.02. The number of benzene rings is 2. The zero-order chi connectivity index (χ0) is 22.7. The average molecular weight is 435 g/mol. The summed E-state index contributed by atoms with van der Waals surface area (Å²) in [7, 11) is 7.67. The van der Waals surface area contributed by atoms with Crippen molar-refractivity contribution in [2.45, 2.75) is 25.3 Å². The molecule has 1 fully saturated rings. The van der Waals surface area contributed by atoms with Crippen LogP contribution in [0.5, 0.6) is 5.75 Å². The Kier molecular flexibility index (Phi) is 6.70. The first-order valence-electron chi connectivity index (χ1n) is 11.3. The molecule has 0 saturated carbocycles. The normalized spacial score (nSPS) is 15.1. The Labute approximate surface area is 190 Å². The van der Waals surface area contributed by atoms with Crippen LogP contribution >= 0.6 is 0 Å².